The van der Waals surface area contributed by atoms with E-state index in [-0.39, 0.29) is 12.3 Å². The Balaban J connectivity index is 1.91. The van der Waals surface area contributed by atoms with Crippen LogP contribution in [0.2, 0.25) is 0 Å². The van der Waals surface area contributed by atoms with E-state index >= 15 is 0 Å². The molecule has 2 rings (SSSR count). The quantitative estimate of drug-likeness (QED) is 0.750. The Morgan fingerprint density at radius 3 is 2.37 bits per heavy atom. The van der Waals surface area contributed by atoms with Gasteiger partial charge >= 0.3 is 5.97 Å². The molecule has 1 aliphatic carbocycles. The Morgan fingerprint density at radius 1 is 1.26 bits per heavy atom. The SMILES string of the molecule is NC1(C(=O)Nc2ccc(CCC(=O)O)cc2)CCC1. The molecular weight excluding hydrogens is 244 g/mol. The average molecular weight is 262 g/mol. The second-order valence-electron chi connectivity index (χ2n) is 5.05. The number of rotatable bonds is 5. The zero-order chi connectivity index (χ0) is 13.9. The highest BCUT2D eigenvalue weighted by Crippen LogP contribution is 2.30. The van der Waals surface area contributed by atoms with Gasteiger partial charge in [-0.05, 0) is 43.4 Å². The lowest BCUT2D eigenvalue weighted by Crippen LogP contribution is -2.56. The van der Waals surface area contributed by atoms with Gasteiger partial charge in [0.1, 0.15) is 0 Å². The molecule has 1 amide bonds. The smallest absolute Gasteiger partial charge is 0.303 e. The van der Waals surface area contributed by atoms with Crippen LogP contribution in [-0.2, 0) is 16.0 Å². The molecule has 102 valence electrons. The molecule has 4 N–H and O–H groups in total. The van der Waals surface area contributed by atoms with Crippen molar-refractivity contribution >= 4 is 17.6 Å². The van der Waals surface area contributed by atoms with Crippen LogP contribution in [0.25, 0.3) is 0 Å². The first-order chi connectivity index (χ1) is 8.99. The number of hydrogen-bond donors (Lipinski definition) is 3. The number of carbonyl (C=O) groups is 2. The van der Waals surface area contributed by atoms with Crippen LogP contribution in [0.5, 0.6) is 0 Å². The molecule has 1 fully saturated rings. The number of amides is 1. The van der Waals surface area contributed by atoms with Crippen LogP contribution < -0.4 is 11.1 Å². The minimum atomic E-state index is -0.813. The Kier molecular flexibility index (Phi) is 3.85. The number of aryl methyl sites for hydroxylation is 1. The Bertz CT molecular complexity index is 478. The first kappa shape index (κ1) is 13.5. The predicted molar refractivity (Wildman–Crippen MR) is 71.8 cm³/mol. The molecule has 5 nitrogen and oxygen atoms in total. The number of carboxylic acids is 1. The van der Waals surface area contributed by atoms with E-state index in [1.54, 1.807) is 12.1 Å². The molecule has 19 heavy (non-hydrogen) atoms. The van der Waals surface area contributed by atoms with Gasteiger partial charge in [-0.2, -0.15) is 0 Å². The third-order valence-electron chi connectivity index (χ3n) is 3.54. The van der Waals surface area contributed by atoms with Gasteiger partial charge in [0.15, 0.2) is 0 Å². The van der Waals surface area contributed by atoms with Crippen LogP contribution in [0.15, 0.2) is 24.3 Å². The Morgan fingerprint density at radius 2 is 1.89 bits per heavy atom. The number of hydrogen-bond acceptors (Lipinski definition) is 3. The van der Waals surface area contributed by atoms with Gasteiger partial charge in [-0.25, -0.2) is 0 Å². The van der Waals surface area contributed by atoms with Gasteiger partial charge in [0.25, 0.3) is 0 Å². The molecule has 1 saturated carbocycles. The number of nitrogens with two attached hydrogens (primary N) is 1. The van der Waals surface area contributed by atoms with E-state index in [1.807, 2.05) is 12.1 Å². The molecule has 5 heteroatoms. The molecule has 1 aromatic rings. The largest absolute Gasteiger partial charge is 0.481 e. The summed E-state index contributed by atoms with van der Waals surface area (Å²) in [6.07, 6.45) is 3.06. The first-order valence-corrected chi connectivity index (χ1v) is 6.41. The number of carboxylic acid groups (broad SMARTS) is 1. The van der Waals surface area contributed by atoms with Gasteiger partial charge in [-0.3, -0.25) is 9.59 Å². The van der Waals surface area contributed by atoms with E-state index in [1.165, 1.54) is 0 Å². The highest BCUT2D eigenvalue weighted by Gasteiger charge is 2.40. The van der Waals surface area contributed by atoms with Crippen molar-refractivity contribution in [1.82, 2.24) is 0 Å². The molecular formula is C14H18N2O3. The standard InChI is InChI=1S/C14H18N2O3/c15-14(8-1-9-14)13(19)16-11-5-2-10(3-6-11)4-7-12(17)18/h2-3,5-6H,1,4,7-9,15H2,(H,16,19)(H,17,18). The molecule has 1 aliphatic rings. The molecule has 0 heterocycles. The molecule has 0 saturated heterocycles. The summed E-state index contributed by atoms with van der Waals surface area (Å²) in [4.78, 5) is 22.4. The summed E-state index contributed by atoms with van der Waals surface area (Å²) in [5.41, 5.74) is 6.85. The Labute approximate surface area is 111 Å². The fourth-order valence-electron chi connectivity index (χ4n) is 2.05. The molecule has 0 unspecified atom stereocenters. The zero-order valence-electron chi connectivity index (χ0n) is 10.7. The van der Waals surface area contributed by atoms with Crippen molar-refractivity contribution in [2.75, 3.05) is 5.32 Å². The molecule has 0 bridgehead atoms. The molecule has 0 aliphatic heterocycles. The van der Waals surface area contributed by atoms with Crippen LogP contribution in [0.4, 0.5) is 5.69 Å². The van der Waals surface area contributed by atoms with Crippen LogP contribution in [0.1, 0.15) is 31.2 Å². The lowest BCUT2D eigenvalue weighted by atomic mass is 9.77. The van der Waals surface area contributed by atoms with Crippen molar-refractivity contribution < 1.29 is 14.7 Å². The lowest BCUT2D eigenvalue weighted by molar-refractivity contribution is -0.137. The van der Waals surface area contributed by atoms with Gasteiger partial charge in [-0.1, -0.05) is 12.1 Å². The summed E-state index contributed by atoms with van der Waals surface area (Å²) in [5, 5.41) is 11.4. The van der Waals surface area contributed by atoms with Gasteiger partial charge in [0.2, 0.25) is 5.91 Å². The van der Waals surface area contributed by atoms with Crippen molar-refractivity contribution in [1.29, 1.82) is 0 Å². The van der Waals surface area contributed by atoms with Gasteiger partial charge in [0, 0.05) is 12.1 Å². The van der Waals surface area contributed by atoms with E-state index < -0.39 is 11.5 Å². The first-order valence-electron chi connectivity index (χ1n) is 6.41. The maximum Gasteiger partial charge on any atom is 0.303 e. The maximum atomic E-state index is 11.9. The number of nitrogens with one attached hydrogen (secondary N) is 1. The fraction of sp³-hybridized carbons (Fsp3) is 0.429. The topological polar surface area (TPSA) is 92.4 Å². The normalized spacial score (nSPS) is 16.5. The number of benzene rings is 1. The van der Waals surface area contributed by atoms with E-state index in [2.05, 4.69) is 5.32 Å². The number of anilines is 1. The van der Waals surface area contributed by atoms with Gasteiger partial charge in [0.05, 0.1) is 5.54 Å². The van der Waals surface area contributed by atoms with E-state index in [4.69, 9.17) is 10.8 Å². The monoisotopic (exact) mass is 262 g/mol. The van der Waals surface area contributed by atoms with Crippen molar-refractivity contribution in [3.63, 3.8) is 0 Å². The van der Waals surface area contributed by atoms with Crippen LogP contribution in [-0.4, -0.2) is 22.5 Å². The molecule has 0 aromatic heterocycles. The van der Waals surface area contributed by atoms with E-state index in [9.17, 15) is 9.59 Å². The highest BCUT2D eigenvalue weighted by atomic mass is 16.4. The van der Waals surface area contributed by atoms with Gasteiger partial charge < -0.3 is 16.2 Å². The minimum Gasteiger partial charge on any atom is -0.481 e. The average Bonchev–Trinajstić information content (AvgIpc) is 2.35. The summed E-state index contributed by atoms with van der Waals surface area (Å²) in [5.74, 6) is -0.954. The maximum absolute atomic E-state index is 11.9. The van der Waals surface area contributed by atoms with Gasteiger partial charge in [-0.15, -0.1) is 0 Å². The summed E-state index contributed by atoms with van der Waals surface area (Å²) in [6.45, 7) is 0. The predicted octanol–water partition coefficient (Wildman–Crippen LogP) is 1.52. The Hall–Kier alpha value is -1.88. The van der Waals surface area contributed by atoms with Crippen molar-refractivity contribution in [3.8, 4) is 0 Å². The second-order valence-corrected chi connectivity index (χ2v) is 5.05. The summed E-state index contributed by atoms with van der Waals surface area (Å²) in [6, 6.07) is 7.19. The zero-order valence-corrected chi connectivity index (χ0v) is 10.7. The third-order valence-corrected chi connectivity index (χ3v) is 3.54. The molecule has 0 spiro atoms. The fourth-order valence-corrected chi connectivity index (χ4v) is 2.05. The van der Waals surface area contributed by atoms with Crippen molar-refractivity contribution in [2.24, 2.45) is 5.73 Å². The summed E-state index contributed by atoms with van der Waals surface area (Å²) in [7, 11) is 0. The van der Waals surface area contributed by atoms with E-state index in [0.29, 0.717) is 12.1 Å². The van der Waals surface area contributed by atoms with Crippen LogP contribution in [0.3, 0.4) is 0 Å². The third kappa shape index (κ3) is 3.32. The second kappa shape index (κ2) is 5.40. The van der Waals surface area contributed by atoms with Crippen LogP contribution in [0, 0.1) is 0 Å². The number of carbonyl (C=O) groups excluding carboxylic acids is 1. The molecule has 0 radical (unpaired) electrons. The van der Waals surface area contributed by atoms with Crippen molar-refractivity contribution in [3.05, 3.63) is 29.8 Å². The minimum absolute atomic E-state index is 0.109. The van der Waals surface area contributed by atoms with E-state index in [0.717, 1.165) is 24.8 Å². The number of aliphatic carboxylic acids is 1. The summed E-state index contributed by atoms with van der Waals surface area (Å²) < 4.78 is 0. The lowest BCUT2D eigenvalue weighted by Gasteiger charge is -2.36. The van der Waals surface area contributed by atoms with Crippen molar-refractivity contribution in [2.45, 2.75) is 37.6 Å². The van der Waals surface area contributed by atoms with Crippen LogP contribution >= 0.6 is 0 Å². The summed E-state index contributed by atoms with van der Waals surface area (Å²) >= 11 is 0. The highest BCUT2D eigenvalue weighted by molar-refractivity contribution is 5.98. The molecule has 1 aromatic carbocycles. The molecule has 0 atom stereocenters.